The molecule has 3 aliphatic carbocycles. The van der Waals surface area contributed by atoms with Gasteiger partial charge in [0, 0.05) is 18.1 Å². The van der Waals surface area contributed by atoms with Crippen molar-refractivity contribution in [3.05, 3.63) is 0 Å². The third kappa shape index (κ3) is 20.3. The summed E-state index contributed by atoms with van der Waals surface area (Å²) in [7, 11) is -12.7. The number of hydrogen-bond donors (Lipinski definition) is 3. The predicted molar refractivity (Wildman–Crippen MR) is 119 cm³/mol. The van der Waals surface area contributed by atoms with Crippen LogP contribution in [0.5, 0.6) is 0 Å². The molecule has 34 heavy (non-hydrogen) atoms. The Balaban J connectivity index is 0.000000473. The summed E-state index contributed by atoms with van der Waals surface area (Å²) in [6.07, 6.45) is 14.4. The molecule has 3 fully saturated rings. The smallest absolute Gasteiger partial charge is 0.735 e. The first kappa shape index (κ1) is 34.1. The Kier molecular flexibility index (Phi) is 16.9. The van der Waals surface area contributed by atoms with Crippen molar-refractivity contribution >= 4 is 30.9 Å². The molecule has 0 aliphatic heterocycles. The number of rotatable bonds is 6. The second-order valence-corrected chi connectivity index (χ2v) is 12.2. The molecule has 203 valence electrons. The van der Waals surface area contributed by atoms with Crippen LogP contribution in [0.3, 0.4) is 0 Å². The molecule has 0 aromatic carbocycles. The fourth-order valence-corrected chi connectivity index (χ4v) is 6.21. The zero-order chi connectivity index (χ0) is 25.0. The molecule has 0 aromatic rings. The van der Waals surface area contributed by atoms with Gasteiger partial charge < -0.3 is 13.7 Å². The Morgan fingerprint density at radius 1 is 0.412 bits per heavy atom. The monoisotopic (exact) mass is 590 g/mol. The molecule has 1 radical (unpaired) electrons. The Bertz CT molecular complexity index is 738. The Morgan fingerprint density at radius 3 is 0.735 bits per heavy atom. The van der Waals surface area contributed by atoms with Crippen LogP contribution in [0.4, 0.5) is 0 Å². The summed E-state index contributed by atoms with van der Waals surface area (Å²) in [4.78, 5) is 0. The summed E-state index contributed by atoms with van der Waals surface area (Å²) in [5.74, 6) is 0. The molecule has 0 aromatic heterocycles. The molecule has 3 N–H and O–H groups in total. The predicted octanol–water partition coefficient (Wildman–Crippen LogP) is 1.10. The van der Waals surface area contributed by atoms with Gasteiger partial charge >= 0.3 is 17.1 Å². The van der Waals surface area contributed by atoms with E-state index in [9.17, 15) is 38.9 Å². The third-order valence-electron chi connectivity index (χ3n) is 5.75. The van der Waals surface area contributed by atoms with Gasteiger partial charge in [-0.2, -0.15) is 0 Å². The minimum atomic E-state index is -4.22. The van der Waals surface area contributed by atoms with Gasteiger partial charge in [0.1, 0.15) is 0 Å². The maximum Gasteiger partial charge on any atom is 3.00 e. The molecule has 0 amide bonds. The van der Waals surface area contributed by atoms with Crippen LogP contribution in [0.1, 0.15) is 96.3 Å². The molecule has 0 atom stereocenters. The maximum absolute atomic E-state index is 10.2. The van der Waals surface area contributed by atoms with Crippen molar-refractivity contribution in [2.45, 2.75) is 114 Å². The normalized spacial score (nSPS) is 21.3. The van der Waals surface area contributed by atoms with Crippen molar-refractivity contribution in [2.24, 2.45) is 0 Å². The van der Waals surface area contributed by atoms with Crippen LogP contribution in [0.15, 0.2) is 0 Å². The van der Waals surface area contributed by atoms with Crippen molar-refractivity contribution < 1.29 is 56.0 Å². The maximum atomic E-state index is 10.2. The van der Waals surface area contributed by atoms with E-state index in [0.29, 0.717) is 0 Å². The van der Waals surface area contributed by atoms with Crippen LogP contribution < -0.4 is 14.2 Å². The van der Waals surface area contributed by atoms with E-state index in [4.69, 9.17) is 0 Å². The van der Waals surface area contributed by atoms with Gasteiger partial charge in [0.2, 0.25) is 0 Å². The minimum Gasteiger partial charge on any atom is -0.735 e. The van der Waals surface area contributed by atoms with Crippen LogP contribution >= 0.6 is 0 Å². The van der Waals surface area contributed by atoms with E-state index < -0.39 is 30.9 Å². The molecule has 0 saturated heterocycles. The van der Waals surface area contributed by atoms with Crippen LogP contribution in [0, 0.1) is 0 Å². The fourth-order valence-electron chi connectivity index (χ4n) is 4.27. The summed E-state index contributed by atoms with van der Waals surface area (Å²) in [5, 5.41) is 0. The van der Waals surface area contributed by atoms with Gasteiger partial charge in [0.25, 0.3) is 0 Å². The zero-order valence-corrected chi connectivity index (χ0v) is 22.6. The molecular formula is C18H36FeN3O9S3. The van der Waals surface area contributed by atoms with E-state index >= 15 is 0 Å². The molecule has 12 nitrogen and oxygen atoms in total. The molecule has 0 heterocycles. The Labute approximate surface area is 214 Å². The summed E-state index contributed by atoms with van der Waals surface area (Å²) < 4.78 is 98.3. The van der Waals surface area contributed by atoms with Gasteiger partial charge in [0.05, 0.1) is 0 Å². The van der Waals surface area contributed by atoms with E-state index in [0.717, 1.165) is 96.3 Å². The van der Waals surface area contributed by atoms with E-state index in [1.807, 2.05) is 0 Å². The SMILES string of the molecule is O=S(=O)([O-])NC1CCCCC1.O=S(=O)([O-])NC1CCCCC1.O=S(=O)([O-])NC1CCCCC1.[Fe+3]. The molecule has 3 rings (SSSR count). The van der Waals surface area contributed by atoms with Crippen molar-refractivity contribution in [1.29, 1.82) is 0 Å². The van der Waals surface area contributed by atoms with Gasteiger partial charge in [-0.05, 0) is 38.5 Å². The van der Waals surface area contributed by atoms with Crippen molar-refractivity contribution in [3.63, 3.8) is 0 Å². The van der Waals surface area contributed by atoms with Gasteiger partial charge in [-0.15, -0.1) is 0 Å². The van der Waals surface area contributed by atoms with E-state index in [1.165, 1.54) is 0 Å². The summed E-state index contributed by atoms with van der Waals surface area (Å²) in [6.45, 7) is 0. The van der Waals surface area contributed by atoms with Crippen molar-refractivity contribution in [2.75, 3.05) is 0 Å². The molecule has 3 aliphatic rings. The summed E-state index contributed by atoms with van der Waals surface area (Å²) in [6, 6.07) is -0.316. The van der Waals surface area contributed by atoms with Crippen LogP contribution in [0.25, 0.3) is 0 Å². The molecule has 0 bridgehead atoms. The van der Waals surface area contributed by atoms with E-state index in [1.54, 1.807) is 0 Å². The zero-order valence-electron chi connectivity index (χ0n) is 19.1. The van der Waals surface area contributed by atoms with E-state index in [-0.39, 0.29) is 35.2 Å². The number of hydrogen-bond acceptors (Lipinski definition) is 9. The second-order valence-electron chi connectivity index (χ2n) is 8.72. The van der Waals surface area contributed by atoms with Crippen LogP contribution in [0.2, 0.25) is 0 Å². The third-order valence-corrected chi connectivity index (χ3v) is 7.61. The van der Waals surface area contributed by atoms with Gasteiger partial charge in [-0.25, -0.2) is 39.4 Å². The Hall–Kier alpha value is 0.129. The topological polar surface area (TPSA) is 208 Å². The first-order chi connectivity index (χ1) is 15.2. The largest absolute Gasteiger partial charge is 3.00 e. The van der Waals surface area contributed by atoms with Crippen molar-refractivity contribution in [1.82, 2.24) is 14.2 Å². The van der Waals surface area contributed by atoms with Crippen LogP contribution in [-0.2, 0) is 48.0 Å². The fraction of sp³-hybridized carbons (Fsp3) is 1.00. The minimum absolute atomic E-state index is 0. The van der Waals surface area contributed by atoms with Crippen molar-refractivity contribution in [3.8, 4) is 0 Å². The molecular weight excluding hydrogens is 554 g/mol. The standard InChI is InChI=1S/3C6H13NO3S.Fe/c3*8-11(9,10)7-6-4-2-1-3-5-6;/h3*6-7H,1-5H2,(H,8,9,10);/q;;;+3/p-3. The first-order valence-electron chi connectivity index (χ1n) is 11.4. The number of nitrogens with one attached hydrogen (secondary N) is 3. The molecule has 3 saturated carbocycles. The van der Waals surface area contributed by atoms with Gasteiger partial charge in [-0.3, -0.25) is 0 Å². The summed E-state index contributed by atoms with van der Waals surface area (Å²) in [5.41, 5.74) is 0. The Morgan fingerprint density at radius 2 is 0.588 bits per heavy atom. The molecule has 0 unspecified atom stereocenters. The van der Waals surface area contributed by atoms with Crippen LogP contribution in [-0.4, -0.2) is 57.0 Å². The second kappa shape index (κ2) is 16.8. The first-order valence-corrected chi connectivity index (χ1v) is 15.7. The molecule has 0 spiro atoms. The summed E-state index contributed by atoms with van der Waals surface area (Å²) >= 11 is 0. The quantitative estimate of drug-likeness (QED) is 0.298. The van der Waals surface area contributed by atoms with Gasteiger partial charge in [0.15, 0.2) is 30.9 Å². The molecule has 16 heteroatoms. The average Bonchev–Trinajstić information content (AvgIpc) is 2.67. The van der Waals surface area contributed by atoms with Gasteiger partial charge in [-0.1, -0.05) is 57.8 Å². The van der Waals surface area contributed by atoms with E-state index in [2.05, 4.69) is 14.2 Å². The average molecular weight is 591 g/mol.